The molecule has 0 aromatic heterocycles. The lowest BCUT2D eigenvalue weighted by Gasteiger charge is -2.05. The van der Waals surface area contributed by atoms with Crippen molar-refractivity contribution >= 4 is 29.1 Å². The van der Waals surface area contributed by atoms with Crippen molar-refractivity contribution in [3.05, 3.63) is 28.8 Å². The zero-order chi connectivity index (χ0) is 12.1. The lowest BCUT2D eigenvalue weighted by atomic mass is 10.2. The number of benzene rings is 1. The predicted molar refractivity (Wildman–Crippen MR) is 62.0 cm³/mol. The van der Waals surface area contributed by atoms with Gasteiger partial charge in [-0.2, -0.15) is 0 Å². The van der Waals surface area contributed by atoms with E-state index in [1.165, 1.54) is 6.07 Å². The summed E-state index contributed by atoms with van der Waals surface area (Å²) in [6, 6.07) is 4.57. The molecule has 0 fully saturated rings. The number of carbonyl (C=O) groups is 2. The molecule has 0 spiro atoms. The number of nitrogens with two attached hydrogens (primary N) is 2. The molecule has 1 aromatic carbocycles. The summed E-state index contributed by atoms with van der Waals surface area (Å²) in [6.45, 7) is 0.205. The zero-order valence-corrected chi connectivity index (χ0v) is 9.25. The van der Waals surface area contributed by atoms with E-state index in [1.54, 1.807) is 12.1 Å². The van der Waals surface area contributed by atoms with Gasteiger partial charge in [-0.3, -0.25) is 9.59 Å². The van der Waals surface area contributed by atoms with Crippen LogP contribution in [0, 0.1) is 0 Å². The van der Waals surface area contributed by atoms with Crippen LogP contribution in [-0.2, 0) is 4.79 Å². The van der Waals surface area contributed by atoms with Crippen molar-refractivity contribution in [2.45, 2.75) is 6.42 Å². The number of halogens is 1. The molecule has 6 heteroatoms. The Morgan fingerprint density at radius 1 is 1.38 bits per heavy atom. The molecule has 1 rings (SSSR count). The van der Waals surface area contributed by atoms with E-state index in [1.807, 2.05) is 0 Å². The summed E-state index contributed by atoms with van der Waals surface area (Å²) < 4.78 is 0. The first kappa shape index (κ1) is 12.3. The fourth-order valence-corrected chi connectivity index (χ4v) is 1.25. The first-order valence-electron chi connectivity index (χ1n) is 4.62. The molecule has 0 saturated heterocycles. The summed E-state index contributed by atoms with van der Waals surface area (Å²) >= 11 is 5.76. The molecule has 0 saturated carbocycles. The molecule has 1 aromatic rings. The standard InChI is InChI=1S/C10H12ClN3O2/c11-7-5-6(1-2-8(7)12)10(16)14-4-3-9(13)15/h1-2,5H,3-4,12H2,(H2,13,15)(H,14,16). The van der Waals surface area contributed by atoms with Gasteiger partial charge in [0.2, 0.25) is 5.91 Å². The Hall–Kier alpha value is -1.75. The second kappa shape index (κ2) is 5.37. The van der Waals surface area contributed by atoms with Crippen molar-refractivity contribution in [3.8, 4) is 0 Å². The van der Waals surface area contributed by atoms with Crippen molar-refractivity contribution < 1.29 is 9.59 Å². The molecule has 0 unspecified atom stereocenters. The van der Waals surface area contributed by atoms with E-state index in [2.05, 4.69) is 5.32 Å². The van der Waals surface area contributed by atoms with Gasteiger partial charge in [0.05, 0.1) is 10.7 Å². The van der Waals surface area contributed by atoms with Crippen LogP contribution in [0.2, 0.25) is 5.02 Å². The molecule has 0 atom stereocenters. The van der Waals surface area contributed by atoms with E-state index in [9.17, 15) is 9.59 Å². The van der Waals surface area contributed by atoms with Gasteiger partial charge in [0, 0.05) is 18.5 Å². The number of rotatable bonds is 4. The third kappa shape index (κ3) is 3.43. The summed E-state index contributed by atoms with van der Waals surface area (Å²) in [5.74, 6) is -0.779. The van der Waals surface area contributed by atoms with Crippen molar-refractivity contribution in [1.29, 1.82) is 0 Å². The van der Waals surface area contributed by atoms with Gasteiger partial charge >= 0.3 is 0 Å². The summed E-state index contributed by atoms with van der Waals surface area (Å²) in [7, 11) is 0. The zero-order valence-electron chi connectivity index (χ0n) is 8.50. The summed E-state index contributed by atoms with van der Waals surface area (Å²) in [5, 5.41) is 2.86. The second-order valence-electron chi connectivity index (χ2n) is 3.21. The van der Waals surface area contributed by atoms with Gasteiger partial charge in [-0.25, -0.2) is 0 Å². The van der Waals surface area contributed by atoms with Crippen LogP contribution in [0.3, 0.4) is 0 Å². The van der Waals surface area contributed by atoms with E-state index in [0.717, 1.165) is 0 Å². The minimum atomic E-state index is -0.462. The van der Waals surface area contributed by atoms with Gasteiger partial charge < -0.3 is 16.8 Å². The number of anilines is 1. The normalized spacial score (nSPS) is 9.81. The molecule has 0 aliphatic heterocycles. The van der Waals surface area contributed by atoms with E-state index < -0.39 is 5.91 Å². The van der Waals surface area contributed by atoms with E-state index in [0.29, 0.717) is 16.3 Å². The van der Waals surface area contributed by atoms with Crippen LogP contribution in [0.5, 0.6) is 0 Å². The molecule has 2 amide bonds. The van der Waals surface area contributed by atoms with Crippen LogP contribution in [0.15, 0.2) is 18.2 Å². The fraction of sp³-hybridized carbons (Fsp3) is 0.200. The van der Waals surface area contributed by atoms with Crippen LogP contribution in [-0.4, -0.2) is 18.4 Å². The quantitative estimate of drug-likeness (QED) is 0.671. The second-order valence-corrected chi connectivity index (χ2v) is 3.62. The number of amides is 2. The van der Waals surface area contributed by atoms with E-state index in [-0.39, 0.29) is 18.9 Å². The Morgan fingerprint density at radius 2 is 2.06 bits per heavy atom. The third-order valence-corrected chi connectivity index (χ3v) is 2.25. The van der Waals surface area contributed by atoms with Gasteiger partial charge in [0.1, 0.15) is 0 Å². The molecule has 0 aliphatic carbocycles. The Morgan fingerprint density at radius 3 is 2.62 bits per heavy atom. The number of nitrogens with one attached hydrogen (secondary N) is 1. The minimum Gasteiger partial charge on any atom is -0.398 e. The lowest BCUT2D eigenvalue weighted by Crippen LogP contribution is -2.27. The molecule has 0 radical (unpaired) electrons. The number of hydrogen-bond acceptors (Lipinski definition) is 3. The van der Waals surface area contributed by atoms with Crippen molar-refractivity contribution in [1.82, 2.24) is 5.32 Å². The predicted octanol–water partition coefficient (Wildman–Crippen LogP) is 0.527. The fourth-order valence-electron chi connectivity index (χ4n) is 1.07. The summed E-state index contributed by atoms with van der Waals surface area (Å²) in [4.78, 5) is 22.0. The number of nitrogen functional groups attached to an aromatic ring is 1. The molecular weight excluding hydrogens is 230 g/mol. The number of carbonyl (C=O) groups excluding carboxylic acids is 2. The van der Waals surface area contributed by atoms with Gasteiger partial charge in [-0.05, 0) is 18.2 Å². The maximum atomic E-state index is 11.5. The maximum Gasteiger partial charge on any atom is 0.251 e. The number of primary amides is 1. The summed E-state index contributed by atoms with van der Waals surface area (Å²) in [6.07, 6.45) is 0.106. The topological polar surface area (TPSA) is 98.2 Å². The van der Waals surface area contributed by atoms with E-state index in [4.69, 9.17) is 23.1 Å². The van der Waals surface area contributed by atoms with Gasteiger partial charge in [-0.1, -0.05) is 11.6 Å². The molecule has 86 valence electrons. The average Bonchev–Trinajstić information content (AvgIpc) is 2.21. The van der Waals surface area contributed by atoms with Crippen LogP contribution < -0.4 is 16.8 Å². The highest BCUT2D eigenvalue weighted by Gasteiger charge is 2.07. The van der Waals surface area contributed by atoms with Crippen molar-refractivity contribution in [2.75, 3.05) is 12.3 Å². The largest absolute Gasteiger partial charge is 0.398 e. The highest BCUT2D eigenvalue weighted by Crippen LogP contribution is 2.19. The number of hydrogen-bond donors (Lipinski definition) is 3. The highest BCUT2D eigenvalue weighted by atomic mass is 35.5. The van der Waals surface area contributed by atoms with Crippen LogP contribution in [0.25, 0.3) is 0 Å². The van der Waals surface area contributed by atoms with E-state index >= 15 is 0 Å². The molecule has 5 nitrogen and oxygen atoms in total. The van der Waals surface area contributed by atoms with Crippen molar-refractivity contribution in [2.24, 2.45) is 5.73 Å². The Kier molecular flexibility index (Phi) is 4.13. The molecule has 16 heavy (non-hydrogen) atoms. The lowest BCUT2D eigenvalue weighted by molar-refractivity contribution is -0.117. The molecule has 5 N–H and O–H groups in total. The summed E-state index contributed by atoms with van der Waals surface area (Å²) in [5.41, 5.74) is 11.2. The van der Waals surface area contributed by atoms with Crippen LogP contribution in [0.4, 0.5) is 5.69 Å². The Labute approximate surface area is 97.7 Å². The SMILES string of the molecule is NC(=O)CCNC(=O)c1ccc(N)c(Cl)c1. The van der Waals surface area contributed by atoms with Crippen LogP contribution in [0.1, 0.15) is 16.8 Å². The first-order chi connectivity index (χ1) is 7.50. The molecule has 0 aliphatic rings. The van der Waals surface area contributed by atoms with Gasteiger partial charge in [0.25, 0.3) is 5.91 Å². The smallest absolute Gasteiger partial charge is 0.251 e. The third-order valence-electron chi connectivity index (χ3n) is 1.92. The van der Waals surface area contributed by atoms with Gasteiger partial charge in [0.15, 0.2) is 0 Å². The van der Waals surface area contributed by atoms with Crippen molar-refractivity contribution in [3.63, 3.8) is 0 Å². The Bertz CT molecular complexity index is 421. The highest BCUT2D eigenvalue weighted by molar-refractivity contribution is 6.33. The maximum absolute atomic E-state index is 11.5. The first-order valence-corrected chi connectivity index (χ1v) is 5.00. The van der Waals surface area contributed by atoms with Crippen LogP contribution >= 0.6 is 11.6 Å². The Balaban J connectivity index is 2.59. The molecular formula is C10H12ClN3O2. The van der Waals surface area contributed by atoms with Gasteiger partial charge in [-0.15, -0.1) is 0 Å². The monoisotopic (exact) mass is 241 g/mol. The minimum absolute atomic E-state index is 0.106. The average molecular weight is 242 g/mol. The molecule has 0 bridgehead atoms. The molecule has 0 heterocycles.